The topological polar surface area (TPSA) is 200 Å². The normalized spacial score (nSPS) is 22.7. The van der Waals surface area contributed by atoms with Gasteiger partial charge in [-0.05, 0) is 57.4 Å². The van der Waals surface area contributed by atoms with Gasteiger partial charge in [0.05, 0.1) is 17.3 Å². The van der Waals surface area contributed by atoms with E-state index >= 15 is 0 Å². The average Bonchev–Trinajstić information content (AvgIpc) is 2.96. The molecule has 2 aromatic rings. The number of phenols is 1. The molecule has 1 aliphatic rings. The minimum atomic E-state index is -1.36. The largest absolute Gasteiger partial charge is 0.508 e. The fraction of sp³-hybridized carbons (Fsp3) is 0.433. The quantitative estimate of drug-likeness (QED) is 0.210. The predicted molar refractivity (Wildman–Crippen MR) is 177 cm³/mol. The van der Waals surface area contributed by atoms with Crippen LogP contribution in [0.3, 0.4) is 0 Å². The molecule has 8 N–H and O–H groups in total. The number of phenolic OH excluding ortho intramolecular Hbond substituents is 1. The van der Waals surface area contributed by atoms with Crippen LogP contribution < -0.4 is 27.0 Å². The molecule has 0 radical (unpaired) electrons. The summed E-state index contributed by atoms with van der Waals surface area (Å²) in [6, 6.07) is 10.5. The van der Waals surface area contributed by atoms with Crippen molar-refractivity contribution in [3.05, 3.63) is 65.7 Å². The van der Waals surface area contributed by atoms with Gasteiger partial charge in [0.15, 0.2) is 0 Å². The highest BCUT2D eigenvalue weighted by molar-refractivity contribution is 8.77. The highest BCUT2D eigenvalue weighted by Crippen LogP contribution is 2.46. The van der Waals surface area contributed by atoms with Gasteiger partial charge < -0.3 is 37.2 Å². The maximum Gasteiger partial charge on any atom is 0.327 e. The number of carboxylic acid groups (broad SMARTS) is 1. The summed E-state index contributed by atoms with van der Waals surface area (Å²) in [5.41, 5.74) is 7.61. The number of carbonyl (C=O) groups excluding carboxylic acids is 4. The Balaban J connectivity index is 0.00000705. The standard InChI is InChI=1S/C30H39N5O7S2.ClH/c1-29(2)23(34-25(38)20(31)14-18-10-12-19(36)13-11-18)27(40)32-16-22(37)33-21(15-17-8-6-5-7-9-17)26(39)35-24(28(41)42)30(3,4)44-43-29;/h5-13,20-21,23-24,36H,14-16,31H2,1-4H3,(H,32,40)(H,33,37)(H,34,38)(H,35,39)(H,41,42);1H/t20-,21+,23+,24+;/m0./s1. The summed E-state index contributed by atoms with van der Waals surface area (Å²) < 4.78 is -2.14. The second-order valence-electron chi connectivity index (χ2n) is 11.6. The zero-order valence-corrected chi connectivity index (χ0v) is 27.8. The van der Waals surface area contributed by atoms with Crippen molar-refractivity contribution < 1.29 is 34.2 Å². The summed E-state index contributed by atoms with van der Waals surface area (Å²) in [6.45, 7) is 6.21. The summed E-state index contributed by atoms with van der Waals surface area (Å²) in [5, 5.41) is 30.1. The molecule has 4 atom stereocenters. The minimum absolute atomic E-state index is 0. The number of amides is 4. The van der Waals surface area contributed by atoms with E-state index in [9.17, 15) is 34.2 Å². The molecule has 15 heteroatoms. The Bertz CT molecular complexity index is 1360. The van der Waals surface area contributed by atoms with Crippen molar-refractivity contribution in [2.45, 2.75) is 74.2 Å². The number of halogens is 1. The van der Waals surface area contributed by atoms with Gasteiger partial charge in [-0.25, -0.2) is 4.79 Å². The van der Waals surface area contributed by atoms with E-state index in [1.807, 2.05) is 0 Å². The molecule has 0 aliphatic carbocycles. The van der Waals surface area contributed by atoms with Gasteiger partial charge in [-0.2, -0.15) is 0 Å². The van der Waals surface area contributed by atoms with E-state index in [-0.39, 0.29) is 31.0 Å². The van der Waals surface area contributed by atoms with E-state index in [1.54, 1.807) is 70.2 Å². The Labute approximate surface area is 276 Å². The van der Waals surface area contributed by atoms with Crippen LogP contribution in [0.25, 0.3) is 0 Å². The smallest absolute Gasteiger partial charge is 0.327 e. The second-order valence-corrected chi connectivity index (χ2v) is 15.0. The lowest BCUT2D eigenvalue weighted by Gasteiger charge is -2.38. The van der Waals surface area contributed by atoms with Crippen LogP contribution >= 0.6 is 34.0 Å². The number of carboxylic acids is 1. The van der Waals surface area contributed by atoms with Crippen LogP contribution in [0.2, 0.25) is 0 Å². The first-order valence-corrected chi connectivity index (χ1v) is 16.1. The van der Waals surface area contributed by atoms with E-state index in [4.69, 9.17) is 5.73 Å². The molecule has 1 heterocycles. The van der Waals surface area contributed by atoms with Gasteiger partial charge >= 0.3 is 5.97 Å². The molecular weight excluding hydrogens is 642 g/mol. The number of hydrogen-bond acceptors (Lipinski definition) is 9. The number of nitrogens with two attached hydrogens (primary N) is 1. The number of carbonyl (C=O) groups is 5. The Hall–Kier alpha value is -3.46. The van der Waals surface area contributed by atoms with Gasteiger partial charge in [0.25, 0.3) is 0 Å². The molecule has 2 aromatic carbocycles. The summed E-state index contributed by atoms with van der Waals surface area (Å²) >= 11 is 0. The lowest BCUT2D eigenvalue weighted by molar-refractivity contribution is -0.143. The zero-order chi connectivity index (χ0) is 32.7. The first-order chi connectivity index (χ1) is 20.6. The first-order valence-electron chi connectivity index (χ1n) is 13.9. The third-order valence-electron chi connectivity index (χ3n) is 7.03. The first kappa shape index (κ1) is 37.7. The van der Waals surface area contributed by atoms with Gasteiger partial charge in [-0.15, -0.1) is 12.4 Å². The van der Waals surface area contributed by atoms with Crippen molar-refractivity contribution in [3.8, 4) is 5.75 Å². The molecule has 1 saturated heterocycles. The van der Waals surface area contributed by atoms with E-state index < -0.39 is 69.8 Å². The van der Waals surface area contributed by atoms with Gasteiger partial charge in [-0.1, -0.05) is 64.1 Å². The molecular formula is C30H40ClN5O7S2. The van der Waals surface area contributed by atoms with Crippen molar-refractivity contribution in [1.29, 1.82) is 0 Å². The van der Waals surface area contributed by atoms with Crippen LogP contribution in [-0.2, 0) is 36.8 Å². The zero-order valence-electron chi connectivity index (χ0n) is 25.4. The van der Waals surface area contributed by atoms with Crippen LogP contribution in [0.4, 0.5) is 0 Å². The number of rotatable bonds is 7. The molecule has 246 valence electrons. The SMILES string of the molecule is CC1(C)SSC(C)(C)[C@H](NC(=O)[C@@H](N)Cc2ccc(O)cc2)C(=O)NCC(=O)N[C@H](Cc2ccccc2)C(=O)N[C@@H]1C(=O)O.Cl. The third kappa shape index (κ3) is 10.8. The fourth-order valence-corrected chi connectivity index (χ4v) is 7.26. The van der Waals surface area contributed by atoms with Gasteiger partial charge in [0.1, 0.15) is 23.9 Å². The number of aliphatic carboxylic acids is 1. The molecule has 1 aliphatic heterocycles. The lowest BCUT2D eigenvalue weighted by Crippen LogP contribution is -2.61. The van der Waals surface area contributed by atoms with Crippen molar-refractivity contribution >= 4 is 63.6 Å². The summed E-state index contributed by atoms with van der Waals surface area (Å²) in [4.78, 5) is 65.4. The highest BCUT2D eigenvalue weighted by Gasteiger charge is 2.44. The molecule has 0 unspecified atom stereocenters. The summed E-state index contributed by atoms with van der Waals surface area (Å²) in [6.07, 6.45) is 0.229. The van der Waals surface area contributed by atoms with Crippen molar-refractivity contribution in [2.24, 2.45) is 5.73 Å². The molecule has 1 fully saturated rings. The maximum absolute atomic E-state index is 13.5. The predicted octanol–water partition coefficient (Wildman–Crippen LogP) is 1.53. The molecule has 0 bridgehead atoms. The second kappa shape index (κ2) is 16.2. The number of hydrogen-bond donors (Lipinski definition) is 7. The van der Waals surface area contributed by atoms with Crippen LogP contribution in [0.15, 0.2) is 54.6 Å². The van der Waals surface area contributed by atoms with E-state index in [0.717, 1.165) is 16.4 Å². The van der Waals surface area contributed by atoms with Crippen molar-refractivity contribution in [3.63, 3.8) is 0 Å². The molecule has 45 heavy (non-hydrogen) atoms. The van der Waals surface area contributed by atoms with E-state index in [0.29, 0.717) is 5.56 Å². The summed E-state index contributed by atoms with van der Waals surface area (Å²) in [5.74, 6) is -3.82. The lowest BCUT2D eigenvalue weighted by atomic mass is 10.00. The van der Waals surface area contributed by atoms with Crippen LogP contribution in [-0.4, -0.2) is 80.0 Å². The molecule has 3 rings (SSSR count). The summed E-state index contributed by atoms with van der Waals surface area (Å²) in [7, 11) is 2.32. The monoisotopic (exact) mass is 681 g/mol. The van der Waals surface area contributed by atoms with Gasteiger partial charge in [0.2, 0.25) is 23.6 Å². The Kier molecular flexibility index (Phi) is 13.6. The average molecular weight is 682 g/mol. The van der Waals surface area contributed by atoms with Crippen molar-refractivity contribution in [1.82, 2.24) is 21.3 Å². The number of nitrogens with one attached hydrogen (secondary N) is 4. The van der Waals surface area contributed by atoms with E-state index in [2.05, 4.69) is 21.3 Å². The molecule has 4 amide bonds. The van der Waals surface area contributed by atoms with Gasteiger partial charge in [-0.3, -0.25) is 19.2 Å². The van der Waals surface area contributed by atoms with Crippen LogP contribution in [0.1, 0.15) is 38.8 Å². The van der Waals surface area contributed by atoms with Crippen molar-refractivity contribution in [2.75, 3.05) is 6.54 Å². The Morgan fingerprint density at radius 2 is 1.53 bits per heavy atom. The van der Waals surface area contributed by atoms with E-state index in [1.165, 1.54) is 22.9 Å². The number of benzene rings is 2. The number of aromatic hydroxyl groups is 1. The molecule has 12 nitrogen and oxygen atoms in total. The molecule has 0 saturated carbocycles. The minimum Gasteiger partial charge on any atom is -0.508 e. The van der Waals surface area contributed by atoms with Crippen LogP contribution in [0, 0.1) is 0 Å². The maximum atomic E-state index is 13.5. The fourth-order valence-electron chi connectivity index (χ4n) is 4.44. The Morgan fingerprint density at radius 3 is 2.13 bits per heavy atom. The molecule has 0 spiro atoms. The molecule has 0 aromatic heterocycles. The van der Waals surface area contributed by atoms with Gasteiger partial charge in [0, 0.05) is 11.2 Å². The van der Waals surface area contributed by atoms with Crippen LogP contribution in [0.5, 0.6) is 5.75 Å². The Morgan fingerprint density at radius 1 is 0.933 bits per heavy atom. The third-order valence-corrected chi connectivity index (χ3v) is 11.3. The highest BCUT2D eigenvalue weighted by atomic mass is 35.5.